The van der Waals surface area contributed by atoms with Crippen LogP contribution in [0.3, 0.4) is 0 Å². The van der Waals surface area contributed by atoms with E-state index >= 15 is 0 Å². The molecule has 0 spiro atoms. The molecule has 2 unspecified atom stereocenters. The molecule has 7 nitrogen and oxygen atoms in total. The van der Waals surface area contributed by atoms with Gasteiger partial charge in [-0.25, -0.2) is 9.78 Å². The number of aromatic nitrogens is 2. The minimum absolute atomic E-state index is 0.0965. The number of nitrogens with one attached hydrogen (secondary N) is 1. The van der Waals surface area contributed by atoms with Gasteiger partial charge >= 0.3 is 6.03 Å². The van der Waals surface area contributed by atoms with Crippen LogP contribution in [-0.2, 0) is 4.79 Å². The first-order chi connectivity index (χ1) is 12.5. The van der Waals surface area contributed by atoms with Crippen LogP contribution in [0.2, 0.25) is 5.02 Å². The number of piperidine rings is 1. The molecule has 0 radical (unpaired) electrons. The van der Waals surface area contributed by atoms with Gasteiger partial charge in [0.05, 0.1) is 23.0 Å². The van der Waals surface area contributed by atoms with Crippen molar-refractivity contribution in [3.8, 4) is 5.69 Å². The molecule has 5 rings (SSSR count). The highest BCUT2D eigenvalue weighted by Gasteiger charge is 2.40. The van der Waals surface area contributed by atoms with E-state index in [4.69, 9.17) is 11.6 Å². The fraction of sp³-hybridized carbons (Fsp3) is 0.389. The number of carbonyl (C=O) groups is 2. The molecule has 26 heavy (non-hydrogen) atoms. The number of imidazole rings is 1. The molecule has 2 aromatic rings. The quantitative estimate of drug-likeness (QED) is 0.879. The van der Waals surface area contributed by atoms with Gasteiger partial charge in [0.25, 0.3) is 0 Å². The van der Waals surface area contributed by atoms with Crippen molar-refractivity contribution in [2.24, 2.45) is 5.92 Å². The monoisotopic (exact) mass is 373 g/mol. The van der Waals surface area contributed by atoms with Gasteiger partial charge in [0.15, 0.2) is 0 Å². The zero-order valence-corrected chi connectivity index (χ0v) is 15.2. The number of fused-ring (bicyclic) bond motifs is 4. The number of likely N-dealkylation sites (N-methyl/N-ethyl adjacent to an activating group) is 1. The molecule has 2 bridgehead atoms. The van der Waals surface area contributed by atoms with Crippen LogP contribution in [0.5, 0.6) is 0 Å². The van der Waals surface area contributed by atoms with E-state index in [1.165, 1.54) is 0 Å². The highest BCUT2D eigenvalue weighted by molar-refractivity contribution is 6.32. The second-order valence-electron chi connectivity index (χ2n) is 6.85. The van der Waals surface area contributed by atoms with Crippen molar-refractivity contribution < 1.29 is 9.59 Å². The molecular weight excluding hydrogens is 354 g/mol. The van der Waals surface area contributed by atoms with Gasteiger partial charge in [0.2, 0.25) is 5.91 Å². The summed E-state index contributed by atoms with van der Waals surface area (Å²) in [6.45, 7) is 1.03. The lowest BCUT2D eigenvalue weighted by atomic mass is 9.95. The summed E-state index contributed by atoms with van der Waals surface area (Å²) in [6, 6.07) is 5.26. The lowest BCUT2D eigenvalue weighted by Gasteiger charge is -2.32. The smallest absolute Gasteiger partial charge is 0.321 e. The Labute approximate surface area is 156 Å². The van der Waals surface area contributed by atoms with Crippen LogP contribution < -0.4 is 5.32 Å². The number of nitrogens with zero attached hydrogens (tertiary/aromatic N) is 4. The molecule has 8 heteroatoms. The summed E-state index contributed by atoms with van der Waals surface area (Å²) in [4.78, 5) is 32.5. The van der Waals surface area contributed by atoms with E-state index in [0.717, 1.165) is 18.5 Å². The molecule has 1 N–H and O–H groups in total. The van der Waals surface area contributed by atoms with Gasteiger partial charge in [-0.05, 0) is 31.0 Å². The number of halogens is 1. The summed E-state index contributed by atoms with van der Waals surface area (Å²) in [6.07, 6.45) is 6.95. The molecule has 3 fully saturated rings. The highest BCUT2D eigenvalue weighted by Crippen LogP contribution is 2.29. The summed E-state index contributed by atoms with van der Waals surface area (Å²) in [5.74, 6) is 0.0426. The Morgan fingerprint density at radius 3 is 2.88 bits per heavy atom. The standard InChI is InChI=1S/C18H20ClN5O2/c1-22-14-4-2-12(17(22)25)9-24(10-14)18(26)21-13-3-5-16(15(19)8-13)23-7-6-20-11-23/h3,5-8,11-12,14H,2,4,9-10H2,1H3,(H,21,26). The van der Waals surface area contributed by atoms with E-state index in [9.17, 15) is 9.59 Å². The Balaban J connectivity index is 1.48. The molecule has 1 aromatic carbocycles. The predicted molar refractivity (Wildman–Crippen MR) is 98.4 cm³/mol. The van der Waals surface area contributed by atoms with E-state index in [2.05, 4.69) is 10.3 Å². The summed E-state index contributed by atoms with van der Waals surface area (Å²) in [7, 11) is 1.83. The van der Waals surface area contributed by atoms with Crippen LogP contribution in [0.15, 0.2) is 36.9 Å². The van der Waals surface area contributed by atoms with E-state index < -0.39 is 0 Å². The third-order valence-electron chi connectivity index (χ3n) is 5.23. The van der Waals surface area contributed by atoms with Crippen LogP contribution in [0.1, 0.15) is 12.8 Å². The van der Waals surface area contributed by atoms with E-state index in [-0.39, 0.29) is 23.9 Å². The van der Waals surface area contributed by atoms with E-state index in [1.807, 2.05) is 23.7 Å². The van der Waals surface area contributed by atoms with Gasteiger partial charge in [0, 0.05) is 44.3 Å². The molecular formula is C18H20ClN5O2. The first-order valence-electron chi connectivity index (χ1n) is 8.63. The van der Waals surface area contributed by atoms with Crippen LogP contribution in [0.25, 0.3) is 5.69 Å². The van der Waals surface area contributed by atoms with Gasteiger partial charge < -0.3 is 19.7 Å². The maximum atomic E-state index is 12.7. The van der Waals surface area contributed by atoms with Gasteiger partial charge in [0.1, 0.15) is 0 Å². The number of rotatable bonds is 2. The lowest BCUT2D eigenvalue weighted by Crippen LogP contribution is -2.45. The maximum Gasteiger partial charge on any atom is 0.321 e. The SMILES string of the molecule is CN1C(=O)C2CCC1CN(C(=O)Nc1ccc(-n3ccnc3)c(Cl)c1)C2. The first-order valence-corrected chi connectivity index (χ1v) is 9.01. The Hall–Kier alpha value is -2.54. The molecule has 0 aliphatic carbocycles. The molecule has 0 saturated carbocycles. The molecule has 136 valence electrons. The van der Waals surface area contributed by atoms with Crippen molar-refractivity contribution in [3.63, 3.8) is 0 Å². The van der Waals surface area contributed by atoms with E-state index in [1.54, 1.807) is 34.6 Å². The maximum absolute atomic E-state index is 12.7. The summed E-state index contributed by atoms with van der Waals surface area (Å²) >= 11 is 6.35. The fourth-order valence-electron chi connectivity index (χ4n) is 3.72. The number of urea groups is 1. The average molecular weight is 374 g/mol. The zero-order chi connectivity index (χ0) is 18.3. The van der Waals surface area contributed by atoms with Gasteiger partial charge in [-0.1, -0.05) is 11.6 Å². The average Bonchev–Trinajstić information content (AvgIpc) is 3.01. The van der Waals surface area contributed by atoms with Crippen molar-refractivity contribution in [3.05, 3.63) is 41.9 Å². The normalized spacial score (nSPS) is 22.5. The Morgan fingerprint density at radius 1 is 1.31 bits per heavy atom. The first kappa shape index (κ1) is 16.9. The topological polar surface area (TPSA) is 70.5 Å². The highest BCUT2D eigenvalue weighted by atomic mass is 35.5. The summed E-state index contributed by atoms with van der Waals surface area (Å²) < 4.78 is 1.81. The Kier molecular flexibility index (Phi) is 4.32. The minimum atomic E-state index is -0.198. The largest absolute Gasteiger partial charge is 0.341 e. The Bertz CT molecular complexity index is 838. The van der Waals surface area contributed by atoms with Crippen molar-refractivity contribution in [2.75, 3.05) is 25.5 Å². The van der Waals surface area contributed by atoms with Crippen LogP contribution in [-0.4, -0.2) is 57.5 Å². The van der Waals surface area contributed by atoms with Crippen molar-refractivity contribution >= 4 is 29.2 Å². The summed E-state index contributed by atoms with van der Waals surface area (Å²) in [5.41, 5.74) is 1.42. The molecule has 3 aliphatic rings. The van der Waals surface area contributed by atoms with Gasteiger partial charge in [-0.2, -0.15) is 0 Å². The number of hydrogen-bond donors (Lipinski definition) is 1. The van der Waals surface area contributed by atoms with Crippen LogP contribution in [0.4, 0.5) is 10.5 Å². The number of benzene rings is 1. The molecule has 3 saturated heterocycles. The number of carbonyl (C=O) groups excluding carboxylic acids is 2. The van der Waals surface area contributed by atoms with Gasteiger partial charge in [-0.15, -0.1) is 0 Å². The molecule has 4 heterocycles. The molecule has 1 aromatic heterocycles. The van der Waals surface area contributed by atoms with Crippen molar-refractivity contribution in [1.82, 2.24) is 19.4 Å². The molecule has 2 atom stereocenters. The Morgan fingerprint density at radius 2 is 2.15 bits per heavy atom. The molecule has 3 aliphatic heterocycles. The number of anilines is 1. The van der Waals surface area contributed by atoms with Gasteiger partial charge in [-0.3, -0.25) is 4.79 Å². The fourth-order valence-corrected chi connectivity index (χ4v) is 4.00. The van der Waals surface area contributed by atoms with Crippen molar-refractivity contribution in [2.45, 2.75) is 18.9 Å². The lowest BCUT2D eigenvalue weighted by molar-refractivity contribution is -0.138. The minimum Gasteiger partial charge on any atom is -0.341 e. The zero-order valence-electron chi connectivity index (χ0n) is 14.4. The third kappa shape index (κ3) is 3.03. The number of amides is 3. The van der Waals surface area contributed by atoms with Crippen LogP contribution >= 0.6 is 11.6 Å². The second kappa shape index (κ2) is 6.64. The summed E-state index contributed by atoms with van der Waals surface area (Å²) in [5, 5.41) is 3.42. The van der Waals surface area contributed by atoms with E-state index in [0.29, 0.717) is 23.8 Å². The number of hydrogen-bond acceptors (Lipinski definition) is 3. The third-order valence-corrected chi connectivity index (χ3v) is 5.54. The predicted octanol–water partition coefficient (Wildman–Crippen LogP) is 2.61. The second-order valence-corrected chi connectivity index (χ2v) is 7.26. The van der Waals surface area contributed by atoms with Crippen molar-refractivity contribution in [1.29, 1.82) is 0 Å². The molecule has 3 amide bonds. The van der Waals surface area contributed by atoms with Crippen LogP contribution in [0, 0.1) is 5.92 Å².